The number of benzene rings is 1. The summed E-state index contributed by atoms with van der Waals surface area (Å²) in [7, 11) is 0. The van der Waals surface area contributed by atoms with Gasteiger partial charge in [0.25, 0.3) is 0 Å². The van der Waals surface area contributed by atoms with Crippen LogP contribution in [-0.4, -0.2) is 41.6 Å². The summed E-state index contributed by atoms with van der Waals surface area (Å²) in [4.78, 5) is 27.5. The zero-order chi connectivity index (χ0) is 18.8. The third-order valence-electron chi connectivity index (χ3n) is 4.75. The predicted molar refractivity (Wildman–Crippen MR) is 108 cm³/mol. The molecule has 0 saturated carbocycles. The third kappa shape index (κ3) is 7.02. The van der Waals surface area contributed by atoms with Gasteiger partial charge in [0.2, 0.25) is 11.8 Å². The second-order valence-electron chi connectivity index (χ2n) is 7.05. The van der Waals surface area contributed by atoms with Crippen molar-refractivity contribution in [3.05, 3.63) is 29.8 Å². The van der Waals surface area contributed by atoms with E-state index < -0.39 is 6.04 Å². The van der Waals surface area contributed by atoms with Gasteiger partial charge >= 0.3 is 0 Å². The van der Waals surface area contributed by atoms with E-state index in [2.05, 4.69) is 36.5 Å². The molecule has 2 amide bonds. The predicted octanol–water partition coefficient (Wildman–Crippen LogP) is 4.03. The fourth-order valence-corrected chi connectivity index (χ4v) is 4.16. The second-order valence-corrected chi connectivity index (χ2v) is 8.14. The molecule has 0 bridgehead atoms. The number of nitrogens with one attached hydrogen (secondary N) is 1. The Labute approximate surface area is 162 Å². The van der Waals surface area contributed by atoms with E-state index in [0.29, 0.717) is 5.75 Å². The highest BCUT2D eigenvalue weighted by Gasteiger charge is 2.25. The zero-order valence-electron chi connectivity index (χ0n) is 16.1. The molecule has 1 atom stereocenters. The van der Waals surface area contributed by atoms with E-state index in [1.807, 2.05) is 4.90 Å². The maximum atomic E-state index is 12.9. The normalized spacial score (nSPS) is 16.0. The molecule has 144 valence electrons. The highest BCUT2D eigenvalue weighted by Crippen LogP contribution is 2.21. The zero-order valence-corrected chi connectivity index (χ0v) is 16.9. The number of amides is 2. The summed E-state index contributed by atoms with van der Waals surface area (Å²) in [6, 6.07) is 8.13. The SMILES string of the molecule is CCCCc1ccc(SCC(NC(C)=O)C(=O)N2CCCCCC2)cc1. The summed E-state index contributed by atoms with van der Waals surface area (Å²) < 4.78 is 0. The van der Waals surface area contributed by atoms with Crippen LogP contribution in [0.5, 0.6) is 0 Å². The lowest BCUT2D eigenvalue weighted by Crippen LogP contribution is -2.49. The Morgan fingerprint density at radius 1 is 1.12 bits per heavy atom. The van der Waals surface area contributed by atoms with Gasteiger partial charge in [0.15, 0.2) is 0 Å². The third-order valence-corrected chi connectivity index (χ3v) is 5.86. The van der Waals surface area contributed by atoms with Gasteiger partial charge in [-0.05, 0) is 43.4 Å². The number of carbonyl (C=O) groups excluding carboxylic acids is 2. The Morgan fingerprint density at radius 2 is 1.77 bits per heavy atom. The molecule has 0 aromatic heterocycles. The van der Waals surface area contributed by atoms with Crippen molar-refractivity contribution in [1.82, 2.24) is 10.2 Å². The fourth-order valence-electron chi connectivity index (χ4n) is 3.24. The second kappa shape index (κ2) is 11.3. The lowest BCUT2D eigenvalue weighted by molar-refractivity contribution is -0.135. The minimum Gasteiger partial charge on any atom is -0.344 e. The van der Waals surface area contributed by atoms with Crippen molar-refractivity contribution < 1.29 is 9.59 Å². The maximum Gasteiger partial charge on any atom is 0.246 e. The fraction of sp³-hybridized carbons (Fsp3) is 0.619. The highest BCUT2D eigenvalue weighted by molar-refractivity contribution is 7.99. The minimum absolute atomic E-state index is 0.0640. The van der Waals surface area contributed by atoms with E-state index in [1.165, 1.54) is 38.2 Å². The highest BCUT2D eigenvalue weighted by atomic mass is 32.2. The van der Waals surface area contributed by atoms with Crippen LogP contribution in [0.1, 0.15) is 57.9 Å². The Morgan fingerprint density at radius 3 is 2.35 bits per heavy atom. The molecule has 1 unspecified atom stereocenters. The summed E-state index contributed by atoms with van der Waals surface area (Å²) >= 11 is 1.64. The average molecular weight is 377 g/mol. The number of hydrogen-bond acceptors (Lipinski definition) is 3. The molecule has 1 aromatic rings. The Bertz CT molecular complexity index is 566. The number of carbonyl (C=O) groups is 2. The Hall–Kier alpha value is -1.49. The summed E-state index contributed by atoms with van der Waals surface area (Å²) in [5.74, 6) is 0.492. The van der Waals surface area contributed by atoms with E-state index in [4.69, 9.17) is 0 Å². The first kappa shape index (κ1) is 20.8. The van der Waals surface area contributed by atoms with E-state index in [1.54, 1.807) is 11.8 Å². The van der Waals surface area contributed by atoms with E-state index in [0.717, 1.165) is 37.2 Å². The molecule has 4 nitrogen and oxygen atoms in total. The number of likely N-dealkylation sites (tertiary alicyclic amines) is 1. The molecule has 0 aliphatic carbocycles. The van der Waals surface area contributed by atoms with Crippen molar-refractivity contribution in [2.75, 3.05) is 18.8 Å². The smallest absolute Gasteiger partial charge is 0.246 e. The van der Waals surface area contributed by atoms with Crippen molar-refractivity contribution in [2.24, 2.45) is 0 Å². The topological polar surface area (TPSA) is 49.4 Å². The number of aryl methyl sites for hydroxylation is 1. The van der Waals surface area contributed by atoms with Gasteiger partial charge in [-0.1, -0.05) is 38.3 Å². The van der Waals surface area contributed by atoms with Gasteiger partial charge < -0.3 is 10.2 Å². The molecule has 1 N–H and O–H groups in total. The lowest BCUT2D eigenvalue weighted by atomic mass is 10.1. The van der Waals surface area contributed by atoms with Gasteiger partial charge in [-0.25, -0.2) is 0 Å². The maximum absolute atomic E-state index is 12.9. The standard InChI is InChI=1S/C21H32N2O2S/c1-3-4-9-18-10-12-19(13-11-18)26-16-20(22-17(2)24)21(25)23-14-7-5-6-8-15-23/h10-13,20H,3-9,14-16H2,1-2H3,(H,22,24). The van der Waals surface area contributed by atoms with E-state index in [9.17, 15) is 9.59 Å². The Balaban J connectivity index is 1.94. The molecule has 1 fully saturated rings. The largest absolute Gasteiger partial charge is 0.344 e. The van der Waals surface area contributed by atoms with Gasteiger partial charge in [0.05, 0.1) is 0 Å². The number of thioether (sulfide) groups is 1. The van der Waals surface area contributed by atoms with Gasteiger partial charge in [-0.15, -0.1) is 11.8 Å². The van der Waals surface area contributed by atoms with Gasteiger partial charge in [-0.2, -0.15) is 0 Å². The van der Waals surface area contributed by atoms with Crippen LogP contribution < -0.4 is 5.32 Å². The Kier molecular flexibility index (Phi) is 9.02. The first-order valence-corrected chi connectivity index (χ1v) is 10.9. The molecule has 0 spiro atoms. The van der Waals surface area contributed by atoms with Gasteiger partial charge in [0.1, 0.15) is 6.04 Å². The summed E-state index contributed by atoms with van der Waals surface area (Å²) in [5, 5.41) is 2.86. The minimum atomic E-state index is -0.449. The monoisotopic (exact) mass is 376 g/mol. The van der Waals surface area contributed by atoms with Crippen LogP contribution >= 0.6 is 11.8 Å². The molecular formula is C21H32N2O2S. The van der Waals surface area contributed by atoms with Crippen LogP contribution in [0.2, 0.25) is 0 Å². The van der Waals surface area contributed by atoms with Crippen LogP contribution in [0.4, 0.5) is 0 Å². The summed E-state index contributed by atoms with van der Waals surface area (Å²) in [6.07, 6.45) is 8.02. The van der Waals surface area contributed by atoms with Crippen molar-refractivity contribution >= 4 is 23.6 Å². The van der Waals surface area contributed by atoms with Crippen molar-refractivity contribution in [2.45, 2.75) is 69.7 Å². The molecule has 1 heterocycles. The van der Waals surface area contributed by atoms with Crippen molar-refractivity contribution in [3.8, 4) is 0 Å². The first-order chi connectivity index (χ1) is 12.6. The molecule has 1 aromatic carbocycles. The first-order valence-electron chi connectivity index (χ1n) is 9.87. The van der Waals surface area contributed by atoms with Crippen LogP contribution in [0.3, 0.4) is 0 Å². The van der Waals surface area contributed by atoms with Crippen LogP contribution in [0.25, 0.3) is 0 Å². The summed E-state index contributed by atoms with van der Waals surface area (Å²) in [5.41, 5.74) is 1.36. The lowest BCUT2D eigenvalue weighted by Gasteiger charge is -2.26. The molecule has 1 aliphatic heterocycles. The molecule has 26 heavy (non-hydrogen) atoms. The number of rotatable bonds is 8. The van der Waals surface area contributed by atoms with Crippen LogP contribution in [0.15, 0.2) is 29.2 Å². The molecule has 0 radical (unpaired) electrons. The molecular weight excluding hydrogens is 344 g/mol. The summed E-state index contributed by atoms with van der Waals surface area (Å²) in [6.45, 7) is 5.31. The number of hydrogen-bond donors (Lipinski definition) is 1. The average Bonchev–Trinajstić information content (AvgIpc) is 2.93. The molecule has 1 aliphatic rings. The molecule has 1 saturated heterocycles. The molecule has 5 heteroatoms. The van der Waals surface area contributed by atoms with Gasteiger partial charge in [-0.3, -0.25) is 9.59 Å². The number of unbranched alkanes of at least 4 members (excludes halogenated alkanes) is 1. The number of nitrogens with zero attached hydrogens (tertiary/aromatic N) is 1. The van der Waals surface area contributed by atoms with Gasteiger partial charge in [0, 0.05) is 30.7 Å². The quantitative estimate of drug-likeness (QED) is 0.697. The van der Waals surface area contributed by atoms with E-state index >= 15 is 0 Å². The van der Waals surface area contributed by atoms with Crippen molar-refractivity contribution in [3.63, 3.8) is 0 Å². The molecule has 2 rings (SSSR count). The van der Waals surface area contributed by atoms with E-state index in [-0.39, 0.29) is 11.8 Å². The van der Waals surface area contributed by atoms with Crippen LogP contribution in [0, 0.1) is 0 Å². The van der Waals surface area contributed by atoms with Crippen molar-refractivity contribution in [1.29, 1.82) is 0 Å². The van der Waals surface area contributed by atoms with Crippen LogP contribution in [-0.2, 0) is 16.0 Å².